The summed E-state index contributed by atoms with van der Waals surface area (Å²) in [4.78, 5) is 11.2. The third-order valence-corrected chi connectivity index (χ3v) is 3.05. The van der Waals surface area contributed by atoms with Crippen LogP contribution in [0.1, 0.15) is 5.56 Å². The van der Waals surface area contributed by atoms with Crippen LogP contribution in [0.25, 0.3) is 0 Å². The van der Waals surface area contributed by atoms with Crippen molar-refractivity contribution >= 4 is 14.3 Å². The third-order valence-electron chi connectivity index (χ3n) is 2.22. The number of hydrogen-bond acceptors (Lipinski definition) is 4. The van der Waals surface area contributed by atoms with E-state index in [1.165, 1.54) is 7.11 Å². The molecule has 0 unspecified atom stereocenters. The summed E-state index contributed by atoms with van der Waals surface area (Å²) in [6, 6.07) is 5.51. The van der Waals surface area contributed by atoms with Crippen molar-refractivity contribution in [1.29, 1.82) is 0 Å². The quantitative estimate of drug-likeness (QED) is 0.608. The Balaban J connectivity index is 2.93. The molecule has 1 rings (SSSR count). The van der Waals surface area contributed by atoms with E-state index in [4.69, 9.17) is 9.16 Å². The van der Waals surface area contributed by atoms with Gasteiger partial charge in [-0.15, -0.1) is 0 Å². The highest BCUT2D eigenvalue weighted by atomic mass is 28.4. The minimum Gasteiger partial charge on any atom is -0.542 e. The van der Waals surface area contributed by atoms with Crippen LogP contribution in [-0.4, -0.2) is 28.5 Å². The number of carbonyl (C=O) groups is 1. The Morgan fingerprint density at radius 1 is 1.17 bits per heavy atom. The summed E-state index contributed by atoms with van der Waals surface area (Å²) in [5.41, 5.74) is 0.849. The van der Waals surface area contributed by atoms with Crippen molar-refractivity contribution in [3.8, 4) is 11.5 Å². The van der Waals surface area contributed by atoms with Crippen LogP contribution in [0.2, 0.25) is 19.6 Å². The first-order valence-corrected chi connectivity index (χ1v) is 9.19. The standard InChI is InChI=1S/C13H20O4Si/c1-15-12-8-10(9-13(14)16-2)6-7-11(12)17-18(3,4)5/h6-8H,9H2,1-5H3. The molecule has 0 N–H and O–H groups in total. The molecule has 100 valence electrons. The summed E-state index contributed by atoms with van der Waals surface area (Å²) in [7, 11) is 1.30. The highest BCUT2D eigenvalue weighted by Gasteiger charge is 2.19. The van der Waals surface area contributed by atoms with Gasteiger partial charge in [-0.25, -0.2) is 0 Å². The van der Waals surface area contributed by atoms with E-state index in [0.717, 1.165) is 11.3 Å². The van der Waals surface area contributed by atoms with E-state index < -0.39 is 8.32 Å². The summed E-state index contributed by atoms with van der Waals surface area (Å²) in [5.74, 6) is 1.11. The van der Waals surface area contributed by atoms with Crippen molar-refractivity contribution in [1.82, 2.24) is 0 Å². The maximum absolute atomic E-state index is 11.2. The maximum atomic E-state index is 11.2. The lowest BCUT2D eigenvalue weighted by Gasteiger charge is -2.21. The van der Waals surface area contributed by atoms with Gasteiger partial charge in [-0.2, -0.15) is 0 Å². The van der Waals surface area contributed by atoms with Crippen LogP contribution in [0.15, 0.2) is 18.2 Å². The Hall–Kier alpha value is -1.49. The predicted molar refractivity (Wildman–Crippen MR) is 72.7 cm³/mol. The first-order chi connectivity index (χ1) is 8.35. The Kier molecular flexibility index (Phi) is 4.78. The van der Waals surface area contributed by atoms with E-state index in [1.807, 2.05) is 18.2 Å². The molecular formula is C13H20O4Si. The number of hydrogen-bond donors (Lipinski definition) is 0. The highest BCUT2D eigenvalue weighted by Crippen LogP contribution is 2.30. The van der Waals surface area contributed by atoms with Gasteiger partial charge in [-0.05, 0) is 37.3 Å². The lowest BCUT2D eigenvalue weighted by molar-refractivity contribution is -0.139. The van der Waals surface area contributed by atoms with Crippen LogP contribution in [0.3, 0.4) is 0 Å². The molecule has 0 aliphatic carbocycles. The summed E-state index contributed by atoms with van der Waals surface area (Å²) >= 11 is 0. The van der Waals surface area contributed by atoms with Crippen LogP contribution >= 0.6 is 0 Å². The number of methoxy groups -OCH3 is 2. The molecule has 0 aliphatic rings. The summed E-state index contributed by atoms with van der Waals surface area (Å²) in [6.07, 6.45) is 0.236. The van der Waals surface area contributed by atoms with Crippen LogP contribution in [0, 0.1) is 0 Å². The monoisotopic (exact) mass is 268 g/mol. The smallest absolute Gasteiger partial charge is 0.309 e. The normalized spacial score (nSPS) is 10.9. The van der Waals surface area contributed by atoms with Gasteiger partial charge in [0.1, 0.15) is 5.75 Å². The van der Waals surface area contributed by atoms with Gasteiger partial charge < -0.3 is 13.9 Å². The molecule has 0 radical (unpaired) electrons. The van der Waals surface area contributed by atoms with E-state index >= 15 is 0 Å². The molecule has 4 nitrogen and oxygen atoms in total. The molecule has 0 saturated carbocycles. The van der Waals surface area contributed by atoms with Crippen molar-refractivity contribution in [2.45, 2.75) is 26.1 Å². The van der Waals surface area contributed by atoms with E-state index in [0.29, 0.717) is 5.75 Å². The van der Waals surface area contributed by atoms with Crippen LogP contribution in [0.4, 0.5) is 0 Å². The highest BCUT2D eigenvalue weighted by molar-refractivity contribution is 6.70. The number of rotatable bonds is 5. The van der Waals surface area contributed by atoms with Crippen molar-refractivity contribution < 1.29 is 18.7 Å². The number of carbonyl (C=O) groups excluding carboxylic acids is 1. The van der Waals surface area contributed by atoms with Gasteiger partial charge in [0.2, 0.25) is 8.32 Å². The second kappa shape index (κ2) is 5.91. The van der Waals surface area contributed by atoms with Gasteiger partial charge in [0, 0.05) is 0 Å². The molecule has 0 aromatic heterocycles. The second-order valence-corrected chi connectivity index (χ2v) is 9.38. The average molecular weight is 268 g/mol. The lowest BCUT2D eigenvalue weighted by atomic mass is 10.1. The molecule has 0 saturated heterocycles. The van der Waals surface area contributed by atoms with Gasteiger partial charge in [-0.3, -0.25) is 4.79 Å². The van der Waals surface area contributed by atoms with Gasteiger partial charge in [0.05, 0.1) is 20.6 Å². The number of benzene rings is 1. The Labute approximate surface area is 109 Å². The molecule has 0 spiro atoms. The fourth-order valence-electron chi connectivity index (χ4n) is 1.47. The molecule has 5 heteroatoms. The third kappa shape index (κ3) is 4.41. The molecule has 1 aromatic rings. The van der Waals surface area contributed by atoms with Gasteiger partial charge in [0.15, 0.2) is 5.75 Å². The van der Waals surface area contributed by atoms with E-state index in [-0.39, 0.29) is 12.4 Å². The Bertz CT molecular complexity index is 423. The Morgan fingerprint density at radius 2 is 1.83 bits per heavy atom. The topological polar surface area (TPSA) is 44.8 Å². The second-order valence-electron chi connectivity index (χ2n) is 4.95. The Morgan fingerprint density at radius 3 is 2.33 bits per heavy atom. The van der Waals surface area contributed by atoms with Gasteiger partial charge >= 0.3 is 5.97 Å². The molecule has 0 fully saturated rings. The molecule has 0 amide bonds. The first-order valence-electron chi connectivity index (χ1n) is 5.78. The number of esters is 1. The summed E-state index contributed by atoms with van der Waals surface area (Å²) in [5, 5.41) is 0. The first kappa shape index (κ1) is 14.6. The average Bonchev–Trinajstić information content (AvgIpc) is 2.29. The largest absolute Gasteiger partial charge is 0.542 e. The van der Waals surface area contributed by atoms with E-state index in [2.05, 4.69) is 24.4 Å². The predicted octanol–water partition coefficient (Wildman–Crippen LogP) is 2.62. The molecular weight excluding hydrogens is 248 g/mol. The van der Waals surface area contributed by atoms with E-state index in [1.54, 1.807) is 7.11 Å². The lowest BCUT2D eigenvalue weighted by Crippen LogP contribution is -2.29. The van der Waals surface area contributed by atoms with Crippen LogP contribution < -0.4 is 9.16 Å². The fourth-order valence-corrected chi connectivity index (χ4v) is 2.30. The minimum absolute atomic E-state index is 0.236. The zero-order chi connectivity index (χ0) is 13.8. The van der Waals surface area contributed by atoms with Crippen molar-refractivity contribution in [2.75, 3.05) is 14.2 Å². The fraction of sp³-hybridized carbons (Fsp3) is 0.462. The zero-order valence-electron chi connectivity index (χ0n) is 11.6. The molecule has 0 atom stereocenters. The number of ether oxygens (including phenoxy) is 2. The molecule has 0 aliphatic heterocycles. The van der Waals surface area contributed by atoms with Crippen molar-refractivity contribution in [3.05, 3.63) is 23.8 Å². The summed E-state index contributed by atoms with van der Waals surface area (Å²) < 4.78 is 15.8. The van der Waals surface area contributed by atoms with Crippen molar-refractivity contribution in [2.24, 2.45) is 0 Å². The zero-order valence-corrected chi connectivity index (χ0v) is 12.6. The summed E-state index contributed by atoms with van der Waals surface area (Å²) in [6.45, 7) is 6.32. The molecule has 0 heterocycles. The van der Waals surface area contributed by atoms with E-state index in [9.17, 15) is 4.79 Å². The van der Waals surface area contributed by atoms with Crippen molar-refractivity contribution in [3.63, 3.8) is 0 Å². The SMILES string of the molecule is COC(=O)Cc1ccc(O[Si](C)(C)C)c(OC)c1. The van der Waals surface area contributed by atoms with Crippen LogP contribution in [0.5, 0.6) is 11.5 Å². The van der Waals surface area contributed by atoms with Crippen LogP contribution in [-0.2, 0) is 16.0 Å². The molecule has 0 bridgehead atoms. The van der Waals surface area contributed by atoms with Gasteiger partial charge in [0.25, 0.3) is 0 Å². The minimum atomic E-state index is -1.67. The van der Waals surface area contributed by atoms with Gasteiger partial charge in [-0.1, -0.05) is 6.07 Å². The molecule has 18 heavy (non-hydrogen) atoms. The molecule has 1 aromatic carbocycles. The maximum Gasteiger partial charge on any atom is 0.309 e.